The van der Waals surface area contributed by atoms with Crippen LogP contribution in [0.1, 0.15) is 31.4 Å². The number of carbonyl (C=O) groups excluding carboxylic acids is 5. The van der Waals surface area contributed by atoms with Crippen molar-refractivity contribution >= 4 is 58.2 Å². The summed E-state index contributed by atoms with van der Waals surface area (Å²) in [6, 6.07) is 9.83. The number of piperazine rings is 1. The number of rotatable bonds is 10. The summed E-state index contributed by atoms with van der Waals surface area (Å²) in [6.45, 7) is 3.60. The molecule has 4 amide bonds. The second kappa shape index (κ2) is 18.0. The molecule has 2 aromatic carbocycles. The zero-order valence-electron chi connectivity index (χ0n) is 28.6. The van der Waals surface area contributed by atoms with E-state index < -0.39 is 40.4 Å². The molecule has 1 unspecified atom stereocenters. The summed E-state index contributed by atoms with van der Waals surface area (Å²) in [5, 5.41) is 26.3. The van der Waals surface area contributed by atoms with Crippen LogP contribution in [0.15, 0.2) is 53.5 Å². The number of carbonyl (C=O) groups is 5. The third-order valence-electron chi connectivity index (χ3n) is 8.23. The van der Waals surface area contributed by atoms with Crippen LogP contribution in [0.3, 0.4) is 0 Å². The summed E-state index contributed by atoms with van der Waals surface area (Å²) >= 11 is 1.23. The molecule has 2 heterocycles. The van der Waals surface area contributed by atoms with Gasteiger partial charge in [-0.05, 0) is 55.8 Å². The van der Waals surface area contributed by atoms with Crippen LogP contribution in [-0.4, -0.2) is 117 Å². The Morgan fingerprint density at radius 3 is 1.85 bits per heavy atom. The molecule has 4 rings (SSSR count). The Morgan fingerprint density at radius 1 is 0.865 bits per heavy atom. The van der Waals surface area contributed by atoms with Gasteiger partial charge < -0.3 is 19.3 Å². The molecule has 2 aliphatic rings. The molecule has 278 valence electrons. The quantitative estimate of drug-likeness (QED) is 0.154. The smallest absolute Gasteiger partial charge is 0.414 e. The van der Waals surface area contributed by atoms with E-state index in [1.54, 1.807) is 11.8 Å². The number of alkyl carbamates (subject to hydrolysis) is 2. The molecule has 3 atom stereocenters. The Labute approximate surface area is 302 Å². The fourth-order valence-corrected chi connectivity index (χ4v) is 6.70. The van der Waals surface area contributed by atoms with Crippen molar-refractivity contribution < 1.29 is 43.3 Å². The van der Waals surface area contributed by atoms with Crippen LogP contribution in [0.25, 0.3) is 0 Å². The average Bonchev–Trinajstić information content (AvgIpc) is 3.47. The molecular formula is C32H38N8O11S. The molecule has 2 aromatic rings. The van der Waals surface area contributed by atoms with E-state index >= 15 is 0 Å². The summed E-state index contributed by atoms with van der Waals surface area (Å²) in [7, 11) is 1.85. The van der Waals surface area contributed by atoms with Crippen molar-refractivity contribution in [1.82, 2.24) is 25.3 Å². The Morgan fingerprint density at radius 2 is 1.38 bits per heavy atom. The minimum atomic E-state index is -1.07. The summed E-state index contributed by atoms with van der Waals surface area (Å²) in [5.74, 6) is -0.990. The summed E-state index contributed by atoms with van der Waals surface area (Å²) in [4.78, 5) is 93.4. The zero-order valence-corrected chi connectivity index (χ0v) is 29.4. The van der Waals surface area contributed by atoms with Crippen LogP contribution < -0.4 is 10.6 Å². The molecule has 20 heteroatoms. The number of ether oxygens (including phenoxy) is 2. The van der Waals surface area contributed by atoms with Gasteiger partial charge >= 0.3 is 12.2 Å². The number of likely N-dealkylation sites (N-methyl/N-ethyl adjacent to an activating group) is 1. The van der Waals surface area contributed by atoms with Crippen LogP contribution in [-0.2, 0) is 37.1 Å². The highest BCUT2D eigenvalue weighted by Gasteiger charge is 2.39. The van der Waals surface area contributed by atoms with Crippen LogP contribution in [0.2, 0.25) is 0 Å². The first-order chi connectivity index (χ1) is 24.7. The lowest BCUT2D eigenvalue weighted by atomic mass is 10.1. The molecule has 0 bridgehead atoms. The van der Waals surface area contributed by atoms with Gasteiger partial charge in [0.25, 0.3) is 11.4 Å². The summed E-state index contributed by atoms with van der Waals surface area (Å²) < 4.78 is 10.3. The van der Waals surface area contributed by atoms with E-state index in [9.17, 15) is 44.2 Å². The van der Waals surface area contributed by atoms with Crippen molar-refractivity contribution in [2.75, 3.05) is 39.8 Å². The third-order valence-corrected chi connectivity index (χ3v) is 9.24. The first-order valence-corrected chi connectivity index (χ1v) is 16.9. The predicted molar refractivity (Wildman–Crippen MR) is 186 cm³/mol. The number of nitro groups is 2. The normalized spacial score (nSPS) is 18.6. The first-order valence-electron chi connectivity index (χ1n) is 16.0. The van der Waals surface area contributed by atoms with E-state index in [-0.39, 0.29) is 72.6 Å². The highest BCUT2D eigenvalue weighted by molar-refractivity contribution is 8.14. The molecule has 0 saturated carbocycles. The largest absolute Gasteiger partial charge is 0.444 e. The van der Waals surface area contributed by atoms with Crippen LogP contribution in [0.5, 0.6) is 0 Å². The number of guanidine groups is 1. The van der Waals surface area contributed by atoms with Gasteiger partial charge in [0.1, 0.15) is 19.8 Å². The highest BCUT2D eigenvalue weighted by atomic mass is 32.2. The maximum absolute atomic E-state index is 13.4. The molecule has 2 aliphatic heterocycles. The van der Waals surface area contributed by atoms with Gasteiger partial charge in [0.2, 0.25) is 17.8 Å². The fraction of sp³-hybridized carbons (Fsp3) is 0.438. The van der Waals surface area contributed by atoms with Crippen molar-refractivity contribution in [3.05, 3.63) is 79.9 Å². The van der Waals surface area contributed by atoms with Gasteiger partial charge in [0, 0.05) is 68.7 Å². The van der Waals surface area contributed by atoms with Crippen molar-refractivity contribution in [2.24, 2.45) is 4.99 Å². The number of nitro benzene ring substituents is 2. The van der Waals surface area contributed by atoms with E-state index in [1.165, 1.54) is 72.1 Å². The van der Waals surface area contributed by atoms with Crippen LogP contribution >= 0.6 is 11.8 Å². The van der Waals surface area contributed by atoms with Gasteiger partial charge in [-0.25, -0.2) is 14.6 Å². The summed E-state index contributed by atoms with van der Waals surface area (Å²) in [6.07, 6.45) is -1.58. The van der Waals surface area contributed by atoms with Gasteiger partial charge in [0.15, 0.2) is 5.12 Å². The average molecular weight is 743 g/mol. The minimum absolute atomic E-state index is 0.00161. The number of nitrogens with zero attached hydrogens (tertiary/aromatic N) is 6. The topological polar surface area (TPSA) is 236 Å². The van der Waals surface area contributed by atoms with Gasteiger partial charge in [-0.3, -0.25) is 50.1 Å². The Bertz CT molecular complexity index is 1630. The van der Waals surface area contributed by atoms with Gasteiger partial charge in [-0.15, -0.1) is 0 Å². The number of nitrogens with one attached hydrogen (secondary N) is 2. The first kappa shape index (κ1) is 39.2. The van der Waals surface area contributed by atoms with E-state index in [0.29, 0.717) is 24.1 Å². The molecule has 0 radical (unpaired) electrons. The fourth-order valence-electron chi connectivity index (χ4n) is 5.64. The van der Waals surface area contributed by atoms with Gasteiger partial charge in [-0.2, -0.15) is 0 Å². The lowest BCUT2D eigenvalue weighted by Gasteiger charge is -2.41. The van der Waals surface area contributed by atoms with Crippen LogP contribution in [0, 0.1) is 20.2 Å². The molecule has 2 N–H and O–H groups in total. The number of hydrogen-bond acceptors (Lipinski definition) is 14. The third kappa shape index (κ3) is 11.2. The molecule has 2 fully saturated rings. The molecule has 2 saturated heterocycles. The maximum Gasteiger partial charge on any atom is 0.414 e. The maximum atomic E-state index is 13.4. The number of non-ortho nitro benzene ring substituents is 2. The van der Waals surface area contributed by atoms with E-state index in [1.807, 2.05) is 11.9 Å². The number of likely N-dealkylation sites (tertiary alicyclic amines) is 1. The molecule has 52 heavy (non-hydrogen) atoms. The number of hydrogen-bond donors (Lipinski definition) is 2. The minimum Gasteiger partial charge on any atom is -0.444 e. The molecule has 0 aliphatic carbocycles. The molecule has 19 nitrogen and oxygen atoms in total. The predicted octanol–water partition coefficient (Wildman–Crippen LogP) is 2.42. The molecule has 0 spiro atoms. The Kier molecular flexibility index (Phi) is 13.6. The Balaban J connectivity index is 1.36. The van der Waals surface area contributed by atoms with E-state index in [4.69, 9.17) is 9.47 Å². The number of benzene rings is 2. The van der Waals surface area contributed by atoms with Gasteiger partial charge in [-0.1, -0.05) is 11.8 Å². The SMILES string of the molecule is CC(=O)S[C@H]1C[C@@H](C(=O)N2CCN(C(=O)CN=C(NC(=O)OCc3ccc([N+](=O)[O-])cc3)NC(=O)OCc3ccc([N+](=O)[O-])cc3)C(C)C2)N(C)C1. The standard InChI is InChI=1S/C32H38N8O11S/c1-20-16-37(29(43)27-14-26(17-36(27)3)52-21(2)41)12-13-38(20)28(42)15-33-30(34-31(44)50-18-22-4-8-24(9-5-22)39(46)47)35-32(45)51-19-23-6-10-25(11-7-23)40(48)49/h4-11,20,26-27H,12-19H2,1-3H3,(H2,33,34,35,44,45)/t20?,26-,27-/m0/s1. The van der Waals surface area contributed by atoms with Crippen molar-refractivity contribution in [3.63, 3.8) is 0 Å². The van der Waals surface area contributed by atoms with E-state index in [2.05, 4.69) is 15.6 Å². The Hall–Kier alpha value is -5.63. The second-order valence-electron chi connectivity index (χ2n) is 12.1. The second-order valence-corrected chi connectivity index (χ2v) is 13.5. The van der Waals surface area contributed by atoms with Gasteiger partial charge in [0.05, 0.1) is 15.9 Å². The molecule has 0 aromatic heterocycles. The van der Waals surface area contributed by atoms with E-state index in [0.717, 1.165) is 0 Å². The van der Waals surface area contributed by atoms with Crippen LogP contribution in [0.4, 0.5) is 21.0 Å². The zero-order chi connectivity index (χ0) is 37.9. The number of thioether (sulfide) groups is 1. The molecular weight excluding hydrogens is 704 g/mol. The monoisotopic (exact) mass is 742 g/mol. The number of aliphatic imine (C=N–C) groups is 1. The lowest BCUT2D eigenvalue weighted by Crippen LogP contribution is -2.58. The van der Waals surface area contributed by atoms with Crippen molar-refractivity contribution in [2.45, 2.75) is 50.8 Å². The lowest BCUT2D eigenvalue weighted by molar-refractivity contribution is -0.385. The number of amides is 4. The highest BCUT2D eigenvalue weighted by Crippen LogP contribution is 2.28. The van der Waals surface area contributed by atoms with Crippen molar-refractivity contribution in [3.8, 4) is 0 Å². The summed E-state index contributed by atoms with van der Waals surface area (Å²) in [5.41, 5.74) is 0.577. The van der Waals surface area contributed by atoms with Crippen molar-refractivity contribution in [1.29, 1.82) is 0 Å².